The highest BCUT2D eigenvalue weighted by molar-refractivity contribution is 5.88. The van der Waals surface area contributed by atoms with Gasteiger partial charge in [-0.1, -0.05) is 12.1 Å². The van der Waals surface area contributed by atoms with Gasteiger partial charge in [-0.15, -0.1) is 0 Å². The lowest BCUT2D eigenvalue weighted by atomic mass is 10.2. The number of amides is 1. The minimum absolute atomic E-state index is 0.0975. The number of benzene rings is 1. The predicted molar refractivity (Wildman–Crippen MR) is 78.9 cm³/mol. The molecule has 0 fully saturated rings. The average molecular weight is 303 g/mol. The molecule has 1 aromatic heterocycles. The Morgan fingerprint density at radius 2 is 2.05 bits per heavy atom. The highest BCUT2D eigenvalue weighted by Crippen LogP contribution is 2.14. The molecular formula is C16H17NO5. The van der Waals surface area contributed by atoms with Gasteiger partial charge in [0.25, 0.3) is 5.91 Å². The summed E-state index contributed by atoms with van der Waals surface area (Å²) >= 11 is 0. The van der Waals surface area contributed by atoms with E-state index in [-0.39, 0.29) is 24.6 Å². The molecule has 1 amide bonds. The number of ether oxygens (including phenoxy) is 1. The van der Waals surface area contributed by atoms with E-state index in [1.165, 1.54) is 6.07 Å². The summed E-state index contributed by atoms with van der Waals surface area (Å²) in [6.45, 7) is 3.50. The molecule has 0 aliphatic heterocycles. The molecule has 0 spiro atoms. The number of hydrogen-bond acceptors (Lipinski definition) is 4. The van der Waals surface area contributed by atoms with E-state index in [0.717, 1.165) is 5.56 Å². The van der Waals surface area contributed by atoms with E-state index in [4.69, 9.17) is 14.3 Å². The summed E-state index contributed by atoms with van der Waals surface area (Å²) < 4.78 is 10.6. The van der Waals surface area contributed by atoms with Crippen molar-refractivity contribution in [1.29, 1.82) is 0 Å². The van der Waals surface area contributed by atoms with Crippen molar-refractivity contribution in [3.05, 3.63) is 53.0 Å². The zero-order valence-corrected chi connectivity index (χ0v) is 12.4. The fraction of sp³-hybridized carbons (Fsp3) is 0.250. The number of carbonyl (C=O) groups excluding carboxylic acids is 1. The molecule has 0 saturated heterocycles. The predicted octanol–water partition coefficient (Wildman–Crippen LogP) is 2.29. The number of carboxylic acids is 1. The summed E-state index contributed by atoms with van der Waals surface area (Å²) in [4.78, 5) is 22.6. The van der Waals surface area contributed by atoms with Crippen molar-refractivity contribution in [3.63, 3.8) is 0 Å². The molecule has 2 aromatic rings. The molecule has 0 unspecified atom stereocenters. The smallest absolute Gasteiger partial charge is 0.339 e. The molecule has 0 aliphatic carbocycles. The van der Waals surface area contributed by atoms with Crippen LogP contribution in [0.2, 0.25) is 0 Å². The Labute approximate surface area is 127 Å². The van der Waals surface area contributed by atoms with Gasteiger partial charge in [0.15, 0.2) is 6.61 Å². The van der Waals surface area contributed by atoms with Crippen LogP contribution < -0.4 is 10.1 Å². The maximum absolute atomic E-state index is 11.7. The molecule has 2 rings (SSSR count). The third-order valence-electron chi connectivity index (χ3n) is 3.02. The standard InChI is InChI=1S/C16H17NO5/c1-10-4-3-5-12(6-10)21-9-15(18)17-8-13-7-14(16(19)20)11(2)22-13/h3-7H,8-9H2,1-2H3,(H,17,18)(H,19,20). The van der Waals surface area contributed by atoms with Gasteiger partial charge < -0.3 is 19.6 Å². The largest absolute Gasteiger partial charge is 0.484 e. The molecule has 22 heavy (non-hydrogen) atoms. The number of nitrogens with one attached hydrogen (secondary N) is 1. The maximum Gasteiger partial charge on any atom is 0.339 e. The second kappa shape index (κ2) is 6.80. The summed E-state index contributed by atoms with van der Waals surface area (Å²) in [7, 11) is 0. The number of carboxylic acid groups (broad SMARTS) is 1. The van der Waals surface area contributed by atoms with Crippen LogP contribution in [-0.4, -0.2) is 23.6 Å². The second-order valence-corrected chi connectivity index (χ2v) is 4.87. The quantitative estimate of drug-likeness (QED) is 0.854. The van der Waals surface area contributed by atoms with Crippen LogP contribution in [0.3, 0.4) is 0 Å². The van der Waals surface area contributed by atoms with Crippen molar-refractivity contribution in [1.82, 2.24) is 5.32 Å². The van der Waals surface area contributed by atoms with Crippen LogP contribution in [0.15, 0.2) is 34.7 Å². The highest BCUT2D eigenvalue weighted by Gasteiger charge is 2.14. The van der Waals surface area contributed by atoms with Crippen molar-refractivity contribution in [3.8, 4) is 5.75 Å². The molecule has 1 heterocycles. The molecule has 1 aromatic carbocycles. The topological polar surface area (TPSA) is 88.8 Å². The molecule has 0 atom stereocenters. The van der Waals surface area contributed by atoms with Crippen molar-refractivity contribution in [2.75, 3.05) is 6.61 Å². The van der Waals surface area contributed by atoms with Gasteiger partial charge in [0, 0.05) is 0 Å². The molecule has 116 valence electrons. The zero-order valence-electron chi connectivity index (χ0n) is 12.4. The van der Waals surface area contributed by atoms with Crippen LogP contribution in [0.25, 0.3) is 0 Å². The molecule has 6 nitrogen and oxygen atoms in total. The summed E-state index contributed by atoms with van der Waals surface area (Å²) in [5.74, 6) is -0.0437. The third-order valence-corrected chi connectivity index (χ3v) is 3.02. The monoisotopic (exact) mass is 303 g/mol. The zero-order chi connectivity index (χ0) is 16.1. The molecule has 0 aliphatic rings. The Bertz CT molecular complexity index is 690. The fourth-order valence-corrected chi connectivity index (χ4v) is 1.93. The first-order valence-electron chi connectivity index (χ1n) is 6.74. The van der Waals surface area contributed by atoms with Gasteiger partial charge >= 0.3 is 5.97 Å². The van der Waals surface area contributed by atoms with Crippen LogP contribution in [0.1, 0.15) is 27.4 Å². The van der Waals surface area contributed by atoms with Crippen molar-refractivity contribution in [2.45, 2.75) is 20.4 Å². The summed E-state index contributed by atoms with van der Waals surface area (Å²) in [6, 6.07) is 8.80. The first kappa shape index (κ1) is 15.6. The Balaban J connectivity index is 1.83. The number of furan rings is 1. The fourth-order valence-electron chi connectivity index (χ4n) is 1.93. The van der Waals surface area contributed by atoms with E-state index in [9.17, 15) is 9.59 Å². The molecule has 0 radical (unpaired) electrons. The minimum atomic E-state index is -1.05. The van der Waals surface area contributed by atoms with E-state index >= 15 is 0 Å². The summed E-state index contributed by atoms with van der Waals surface area (Å²) in [6.07, 6.45) is 0. The van der Waals surface area contributed by atoms with Crippen molar-refractivity contribution < 1.29 is 23.8 Å². The first-order chi connectivity index (χ1) is 10.5. The SMILES string of the molecule is Cc1cccc(OCC(=O)NCc2cc(C(=O)O)c(C)o2)c1. The van der Waals surface area contributed by atoms with Gasteiger partial charge in [0.05, 0.1) is 6.54 Å². The third kappa shape index (κ3) is 4.12. The van der Waals surface area contributed by atoms with Crippen LogP contribution in [0.5, 0.6) is 5.75 Å². The lowest BCUT2D eigenvalue weighted by Gasteiger charge is -2.07. The molecule has 0 bridgehead atoms. The molecule has 6 heteroatoms. The second-order valence-electron chi connectivity index (χ2n) is 4.87. The lowest BCUT2D eigenvalue weighted by molar-refractivity contribution is -0.123. The van der Waals surface area contributed by atoms with E-state index in [0.29, 0.717) is 17.3 Å². The number of aromatic carboxylic acids is 1. The van der Waals surface area contributed by atoms with Crippen LogP contribution in [-0.2, 0) is 11.3 Å². The van der Waals surface area contributed by atoms with Crippen LogP contribution >= 0.6 is 0 Å². The highest BCUT2D eigenvalue weighted by atomic mass is 16.5. The van der Waals surface area contributed by atoms with Gasteiger partial charge in [-0.2, -0.15) is 0 Å². The normalized spacial score (nSPS) is 10.3. The Morgan fingerprint density at radius 1 is 1.27 bits per heavy atom. The van der Waals surface area contributed by atoms with E-state index in [1.807, 2.05) is 25.1 Å². The Morgan fingerprint density at radius 3 is 2.68 bits per heavy atom. The number of rotatable bonds is 6. The van der Waals surface area contributed by atoms with E-state index in [2.05, 4.69) is 5.32 Å². The van der Waals surface area contributed by atoms with Gasteiger partial charge in [0.2, 0.25) is 0 Å². The number of hydrogen-bond donors (Lipinski definition) is 2. The van der Waals surface area contributed by atoms with Gasteiger partial charge in [-0.05, 0) is 37.6 Å². The molecule has 0 saturated carbocycles. The minimum Gasteiger partial charge on any atom is -0.484 e. The van der Waals surface area contributed by atoms with Gasteiger partial charge in [-0.25, -0.2) is 4.79 Å². The Hall–Kier alpha value is -2.76. The maximum atomic E-state index is 11.7. The summed E-state index contributed by atoms with van der Waals surface area (Å²) in [5.41, 5.74) is 1.14. The van der Waals surface area contributed by atoms with Crippen LogP contribution in [0.4, 0.5) is 0 Å². The number of carbonyl (C=O) groups is 2. The van der Waals surface area contributed by atoms with E-state index < -0.39 is 5.97 Å². The number of aryl methyl sites for hydroxylation is 2. The average Bonchev–Trinajstić information content (AvgIpc) is 2.84. The van der Waals surface area contributed by atoms with Crippen molar-refractivity contribution in [2.24, 2.45) is 0 Å². The van der Waals surface area contributed by atoms with Crippen LogP contribution in [0, 0.1) is 13.8 Å². The summed E-state index contributed by atoms with van der Waals surface area (Å²) in [5, 5.41) is 11.5. The van der Waals surface area contributed by atoms with Gasteiger partial charge in [-0.3, -0.25) is 4.79 Å². The van der Waals surface area contributed by atoms with Crippen molar-refractivity contribution >= 4 is 11.9 Å². The Kier molecular flexibility index (Phi) is 4.83. The van der Waals surface area contributed by atoms with E-state index in [1.54, 1.807) is 13.0 Å². The van der Waals surface area contributed by atoms with Gasteiger partial charge in [0.1, 0.15) is 22.8 Å². The first-order valence-corrected chi connectivity index (χ1v) is 6.74. The lowest BCUT2D eigenvalue weighted by Crippen LogP contribution is -2.28. The molecule has 2 N–H and O–H groups in total. The molecular weight excluding hydrogens is 286 g/mol.